The van der Waals surface area contributed by atoms with Gasteiger partial charge in [-0.05, 0) is 57.9 Å². The van der Waals surface area contributed by atoms with Crippen LogP contribution in [0.15, 0.2) is 68.6 Å². The molecule has 1 amide bonds. The van der Waals surface area contributed by atoms with Gasteiger partial charge in [0.25, 0.3) is 5.91 Å². The van der Waals surface area contributed by atoms with Gasteiger partial charge in [0.1, 0.15) is 11.8 Å². The van der Waals surface area contributed by atoms with Gasteiger partial charge in [0.15, 0.2) is 0 Å². The van der Waals surface area contributed by atoms with E-state index < -0.39 is 6.04 Å². The number of benzene rings is 3. The van der Waals surface area contributed by atoms with E-state index in [9.17, 15) is 9.90 Å². The summed E-state index contributed by atoms with van der Waals surface area (Å²) in [5.74, 6) is -0.230. The molecule has 0 aromatic heterocycles. The van der Waals surface area contributed by atoms with Crippen LogP contribution in [0.5, 0.6) is 5.75 Å². The molecule has 3 aromatic rings. The summed E-state index contributed by atoms with van der Waals surface area (Å²) in [6.45, 7) is 1.76. The van der Waals surface area contributed by atoms with Crippen LogP contribution >= 0.6 is 31.9 Å². The summed E-state index contributed by atoms with van der Waals surface area (Å²) in [5.41, 5.74) is 3.81. The van der Waals surface area contributed by atoms with Gasteiger partial charge < -0.3 is 10.4 Å². The molecule has 0 saturated heterocycles. The summed E-state index contributed by atoms with van der Waals surface area (Å²) < 4.78 is 1.32. The Morgan fingerprint density at radius 2 is 1.85 bits per heavy atom. The van der Waals surface area contributed by atoms with Gasteiger partial charge in [-0.1, -0.05) is 46.3 Å². The maximum atomic E-state index is 12.3. The highest BCUT2D eigenvalue weighted by atomic mass is 79.9. The molecule has 7 heteroatoms. The van der Waals surface area contributed by atoms with E-state index >= 15 is 0 Å². The first kappa shape index (κ1) is 19.4. The smallest absolute Gasteiger partial charge is 0.262 e. The first-order chi connectivity index (χ1) is 12.9. The van der Waals surface area contributed by atoms with Crippen LogP contribution in [-0.4, -0.2) is 23.3 Å². The van der Waals surface area contributed by atoms with Crippen LogP contribution in [0.25, 0.3) is 10.8 Å². The van der Waals surface area contributed by atoms with Crippen molar-refractivity contribution < 1.29 is 9.90 Å². The Morgan fingerprint density at radius 3 is 2.63 bits per heavy atom. The zero-order chi connectivity index (χ0) is 19.4. The number of phenolic OH excluding ortho intramolecular Hbond substituents is 1. The van der Waals surface area contributed by atoms with Crippen molar-refractivity contribution >= 4 is 60.4 Å². The number of nitrogens with zero attached hydrogens (tertiary/aromatic N) is 1. The highest BCUT2D eigenvalue weighted by molar-refractivity contribution is 9.11. The van der Waals surface area contributed by atoms with Crippen LogP contribution < -0.4 is 10.7 Å². The SMILES string of the molecule is CC(Nc1ccc2ccccc2c1)C(=O)NN=Cc1cc(Br)cc(Br)c1O. The molecule has 0 saturated carbocycles. The maximum Gasteiger partial charge on any atom is 0.262 e. The number of amides is 1. The second-order valence-electron chi connectivity index (χ2n) is 5.99. The molecule has 1 unspecified atom stereocenters. The predicted molar refractivity (Wildman–Crippen MR) is 116 cm³/mol. The summed E-state index contributed by atoms with van der Waals surface area (Å²) >= 11 is 6.60. The minimum Gasteiger partial charge on any atom is -0.506 e. The fourth-order valence-corrected chi connectivity index (χ4v) is 3.80. The fraction of sp³-hybridized carbons (Fsp3) is 0.100. The van der Waals surface area contributed by atoms with Gasteiger partial charge in [0.05, 0.1) is 10.7 Å². The van der Waals surface area contributed by atoms with Gasteiger partial charge in [-0.15, -0.1) is 0 Å². The minimum atomic E-state index is -0.480. The molecule has 0 aliphatic rings. The minimum absolute atomic E-state index is 0.0542. The topological polar surface area (TPSA) is 73.7 Å². The number of hydrazone groups is 1. The number of halogens is 2. The van der Waals surface area contributed by atoms with Gasteiger partial charge >= 0.3 is 0 Å². The molecule has 27 heavy (non-hydrogen) atoms. The zero-order valence-electron chi connectivity index (χ0n) is 14.4. The summed E-state index contributed by atoms with van der Waals surface area (Å²) in [6.07, 6.45) is 1.39. The van der Waals surface area contributed by atoms with Crippen LogP contribution in [0.3, 0.4) is 0 Å². The van der Waals surface area contributed by atoms with Gasteiger partial charge in [-0.25, -0.2) is 5.43 Å². The Bertz CT molecular complexity index is 1020. The van der Waals surface area contributed by atoms with Crippen molar-refractivity contribution in [2.75, 3.05) is 5.32 Å². The first-order valence-electron chi connectivity index (χ1n) is 8.20. The van der Waals surface area contributed by atoms with E-state index in [1.165, 1.54) is 6.21 Å². The van der Waals surface area contributed by atoms with Crippen molar-refractivity contribution in [1.29, 1.82) is 0 Å². The lowest BCUT2D eigenvalue weighted by Gasteiger charge is -2.14. The number of nitrogens with one attached hydrogen (secondary N) is 2. The standard InChI is InChI=1S/C20H17Br2N3O2/c1-12(24-17-7-6-13-4-2-3-5-14(13)9-17)20(27)25-23-11-15-8-16(21)10-18(22)19(15)26/h2-12,24,26H,1H3,(H,25,27). The molecule has 0 aliphatic carbocycles. The van der Waals surface area contributed by atoms with Crippen LogP contribution in [0.2, 0.25) is 0 Å². The highest BCUT2D eigenvalue weighted by Gasteiger charge is 2.12. The van der Waals surface area contributed by atoms with E-state index in [1.54, 1.807) is 19.1 Å². The van der Waals surface area contributed by atoms with Crippen molar-refractivity contribution in [3.8, 4) is 5.75 Å². The number of rotatable bonds is 5. The van der Waals surface area contributed by atoms with E-state index in [0.717, 1.165) is 20.9 Å². The Hall–Kier alpha value is -2.38. The number of aromatic hydroxyl groups is 1. The van der Waals surface area contributed by atoms with E-state index in [0.29, 0.717) is 10.0 Å². The fourth-order valence-electron chi connectivity index (χ4n) is 2.54. The van der Waals surface area contributed by atoms with Crippen molar-refractivity contribution in [2.45, 2.75) is 13.0 Å². The summed E-state index contributed by atoms with van der Waals surface area (Å²) in [4.78, 5) is 12.3. The Morgan fingerprint density at radius 1 is 1.11 bits per heavy atom. The molecule has 0 bridgehead atoms. The lowest BCUT2D eigenvalue weighted by Crippen LogP contribution is -2.34. The molecule has 3 N–H and O–H groups in total. The Balaban J connectivity index is 1.63. The lowest BCUT2D eigenvalue weighted by atomic mass is 10.1. The van der Waals surface area contributed by atoms with Gasteiger partial charge in [0.2, 0.25) is 0 Å². The molecular formula is C20H17Br2N3O2. The largest absolute Gasteiger partial charge is 0.506 e. The average molecular weight is 491 g/mol. The molecule has 0 fully saturated rings. The maximum absolute atomic E-state index is 12.3. The monoisotopic (exact) mass is 489 g/mol. The highest BCUT2D eigenvalue weighted by Crippen LogP contribution is 2.30. The number of carbonyl (C=O) groups excluding carboxylic acids is 1. The normalized spacial score (nSPS) is 12.3. The molecule has 138 valence electrons. The molecule has 3 rings (SSSR count). The first-order valence-corrected chi connectivity index (χ1v) is 9.79. The van der Waals surface area contributed by atoms with Crippen molar-refractivity contribution in [3.63, 3.8) is 0 Å². The predicted octanol–water partition coefficient (Wildman–Crippen LogP) is 5.02. The van der Waals surface area contributed by atoms with E-state index in [2.05, 4.69) is 47.7 Å². The van der Waals surface area contributed by atoms with Crippen molar-refractivity contribution in [3.05, 3.63) is 69.1 Å². The Labute approximate surface area is 173 Å². The van der Waals surface area contributed by atoms with E-state index in [-0.39, 0.29) is 11.7 Å². The molecule has 3 aromatic carbocycles. The lowest BCUT2D eigenvalue weighted by molar-refractivity contribution is -0.121. The average Bonchev–Trinajstić information content (AvgIpc) is 2.65. The number of carbonyl (C=O) groups is 1. The third kappa shape index (κ3) is 4.87. The van der Waals surface area contributed by atoms with Crippen LogP contribution in [0.4, 0.5) is 5.69 Å². The number of phenols is 1. The third-order valence-electron chi connectivity index (χ3n) is 3.96. The van der Waals surface area contributed by atoms with Gasteiger partial charge in [-0.2, -0.15) is 5.10 Å². The van der Waals surface area contributed by atoms with E-state index in [1.807, 2.05) is 42.5 Å². The quantitative estimate of drug-likeness (QED) is 0.347. The number of hydrogen-bond donors (Lipinski definition) is 3. The molecule has 0 spiro atoms. The molecule has 5 nitrogen and oxygen atoms in total. The van der Waals surface area contributed by atoms with E-state index in [4.69, 9.17) is 0 Å². The number of hydrogen-bond acceptors (Lipinski definition) is 4. The zero-order valence-corrected chi connectivity index (χ0v) is 17.6. The summed E-state index contributed by atoms with van der Waals surface area (Å²) in [7, 11) is 0. The number of fused-ring (bicyclic) bond motifs is 1. The van der Waals surface area contributed by atoms with Crippen molar-refractivity contribution in [1.82, 2.24) is 5.43 Å². The Kier molecular flexibility index (Phi) is 6.13. The molecule has 0 heterocycles. The summed E-state index contributed by atoms with van der Waals surface area (Å²) in [6, 6.07) is 16.9. The van der Waals surface area contributed by atoms with Gasteiger partial charge in [0, 0.05) is 15.7 Å². The molecule has 1 atom stereocenters. The van der Waals surface area contributed by atoms with Crippen LogP contribution in [0, 0.1) is 0 Å². The van der Waals surface area contributed by atoms with Crippen LogP contribution in [-0.2, 0) is 4.79 Å². The second-order valence-corrected chi connectivity index (χ2v) is 7.76. The van der Waals surface area contributed by atoms with Crippen molar-refractivity contribution in [2.24, 2.45) is 5.10 Å². The van der Waals surface area contributed by atoms with Crippen LogP contribution in [0.1, 0.15) is 12.5 Å². The molecular weight excluding hydrogens is 474 g/mol. The molecule has 0 radical (unpaired) electrons. The third-order valence-corrected chi connectivity index (χ3v) is 5.02. The van der Waals surface area contributed by atoms with Gasteiger partial charge in [-0.3, -0.25) is 4.79 Å². The summed E-state index contributed by atoms with van der Waals surface area (Å²) in [5, 5.41) is 19.3. The molecule has 0 aliphatic heterocycles. The number of anilines is 1. The second kappa shape index (κ2) is 8.54.